The number of hydrogen-bond donors (Lipinski definition) is 3. The van der Waals surface area contributed by atoms with Crippen molar-refractivity contribution >= 4 is 35.8 Å². The van der Waals surface area contributed by atoms with Gasteiger partial charge in [0.15, 0.2) is 5.96 Å². The van der Waals surface area contributed by atoms with E-state index >= 15 is 0 Å². The van der Waals surface area contributed by atoms with Crippen molar-refractivity contribution in [3.05, 3.63) is 35.4 Å². The summed E-state index contributed by atoms with van der Waals surface area (Å²) >= 11 is 0. The van der Waals surface area contributed by atoms with Gasteiger partial charge < -0.3 is 16.0 Å². The molecule has 0 heterocycles. The molecule has 1 aliphatic carbocycles. The number of amides is 1. The number of aliphatic imine (C=N–C) groups is 1. The topological polar surface area (TPSA) is 65.5 Å². The Labute approximate surface area is 155 Å². The average Bonchev–Trinajstić information content (AvgIpc) is 3.32. The van der Waals surface area contributed by atoms with Crippen LogP contribution in [0, 0.1) is 6.92 Å². The lowest BCUT2D eigenvalue weighted by atomic mass is 10.1. The number of rotatable bonds is 7. The van der Waals surface area contributed by atoms with Crippen LogP contribution in [0.4, 0.5) is 0 Å². The summed E-state index contributed by atoms with van der Waals surface area (Å²) in [6.07, 6.45) is 3.65. The Bertz CT molecular complexity index is 512. The summed E-state index contributed by atoms with van der Waals surface area (Å²) in [5, 5.41) is 9.50. The third-order valence-electron chi connectivity index (χ3n) is 3.62. The Morgan fingerprint density at radius 1 is 1.22 bits per heavy atom. The predicted molar refractivity (Wildman–Crippen MR) is 105 cm³/mol. The van der Waals surface area contributed by atoms with Gasteiger partial charge in [0.1, 0.15) is 0 Å². The van der Waals surface area contributed by atoms with Gasteiger partial charge in [-0.15, -0.1) is 24.0 Å². The van der Waals surface area contributed by atoms with Gasteiger partial charge in [-0.25, -0.2) is 0 Å². The minimum Gasteiger partial charge on any atom is -0.356 e. The van der Waals surface area contributed by atoms with Gasteiger partial charge in [-0.3, -0.25) is 9.79 Å². The smallest absolute Gasteiger partial charge is 0.220 e. The van der Waals surface area contributed by atoms with Gasteiger partial charge in [0.25, 0.3) is 0 Å². The second kappa shape index (κ2) is 10.5. The molecule has 3 N–H and O–H groups in total. The lowest BCUT2D eigenvalue weighted by molar-refractivity contribution is -0.121. The lowest BCUT2D eigenvalue weighted by Crippen LogP contribution is -2.37. The molecule has 0 unspecified atom stereocenters. The van der Waals surface area contributed by atoms with Gasteiger partial charge in [0.2, 0.25) is 5.91 Å². The fourth-order valence-electron chi connectivity index (χ4n) is 2.10. The summed E-state index contributed by atoms with van der Waals surface area (Å²) < 4.78 is 0. The summed E-state index contributed by atoms with van der Waals surface area (Å²) in [6, 6.07) is 8.87. The van der Waals surface area contributed by atoms with Crippen LogP contribution in [0.1, 0.15) is 36.8 Å². The molecule has 128 valence electrons. The first-order valence-electron chi connectivity index (χ1n) is 7.97. The van der Waals surface area contributed by atoms with E-state index in [4.69, 9.17) is 0 Å². The average molecular weight is 430 g/mol. The number of carbonyl (C=O) groups excluding carboxylic acids is 1. The third kappa shape index (κ3) is 8.20. The van der Waals surface area contributed by atoms with Crippen molar-refractivity contribution in [1.82, 2.24) is 16.0 Å². The summed E-state index contributed by atoms with van der Waals surface area (Å²) in [7, 11) is 1.75. The van der Waals surface area contributed by atoms with E-state index in [0.717, 1.165) is 38.3 Å². The highest BCUT2D eigenvalue weighted by Crippen LogP contribution is 2.18. The van der Waals surface area contributed by atoms with E-state index in [2.05, 4.69) is 52.1 Å². The molecule has 1 amide bonds. The normalized spacial score (nSPS) is 13.9. The molecule has 1 fully saturated rings. The fraction of sp³-hybridized carbons (Fsp3) is 0.529. The molecule has 1 saturated carbocycles. The summed E-state index contributed by atoms with van der Waals surface area (Å²) in [5.41, 5.74) is 2.48. The molecule has 0 spiro atoms. The molecule has 0 radical (unpaired) electrons. The summed E-state index contributed by atoms with van der Waals surface area (Å²) in [6.45, 7) is 3.56. The highest BCUT2D eigenvalue weighted by atomic mass is 127. The van der Waals surface area contributed by atoms with Gasteiger partial charge >= 0.3 is 0 Å². The van der Waals surface area contributed by atoms with Crippen molar-refractivity contribution in [2.24, 2.45) is 4.99 Å². The Morgan fingerprint density at radius 2 is 1.91 bits per heavy atom. The molecule has 1 aromatic carbocycles. The molecule has 0 aliphatic heterocycles. The maximum atomic E-state index is 11.6. The van der Waals surface area contributed by atoms with Crippen molar-refractivity contribution in [3.63, 3.8) is 0 Å². The molecule has 0 atom stereocenters. The molecule has 0 bridgehead atoms. The van der Waals surface area contributed by atoms with E-state index in [1.165, 1.54) is 11.1 Å². The molecule has 5 nitrogen and oxygen atoms in total. The molecule has 23 heavy (non-hydrogen) atoms. The third-order valence-corrected chi connectivity index (χ3v) is 3.62. The van der Waals surface area contributed by atoms with Crippen LogP contribution >= 0.6 is 24.0 Å². The van der Waals surface area contributed by atoms with Crippen molar-refractivity contribution in [1.29, 1.82) is 0 Å². The first-order chi connectivity index (χ1) is 10.7. The molecule has 1 aliphatic rings. The second-order valence-corrected chi connectivity index (χ2v) is 5.78. The zero-order valence-corrected chi connectivity index (χ0v) is 16.2. The number of nitrogens with zero attached hydrogens (tertiary/aromatic N) is 1. The highest BCUT2D eigenvalue weighted by Gasteiger charge is 2.22. The molecule has 1 aromatic rings. The highest BCUT2D eigenvalue weighted by molar-refractivity contribution is 14.0. The van der Waals surface area contributed by atoms with E-state index in [-0.39, 0.29) is 29.9 Å². The van der Waals surface area contributed by atoms with Crippen LogP contribution in [-0.2, 0) is 11.3 Å². The van der Waals surface area contributed by atoms with E-state index in [1.807, 2.05) is 0 Å². The van der Waals surface area contributed by atoms with Crippen molar-refractivity contribution in [2.75, 3.05) is 13.6 Å². The first-order valence-corrected chi connectivity index (χ1v) is 7.97. The fourth-order valence-corrected chi connectivity index (χ4v) is 2.10. The van der Waals surface area contributed by atoms with Crippen LogP contribution in [0.15, 0.2) is 29.3 Å². The minimum atomic E-state index is 0. The van der Waals surface area contributed by atoms with Crippen LogP contribution in [0.5, 0.6) is 0 Å². The maximum Gasteiger partial charge on any atom is 0.220 e. The molecule has 0 aromatic heterocycles. The Hall–Kier alpha value is -1.31. The zero-order valence-electron chi connectivity index (χ0n) is 13.9. The minimum absolute atomic E-state index is 0. The zero-order chi connectivity index (χ0) is 15.8. The Morgan fingerprint density at radius 3 is 2.52 bits per heavy atom. The van der Waals surface area contributed by atoms with E-state index < -0.39 is 0 Å². The van der Waals surface area contributed by atoms with Gasteiger partial charge in [0, 0.05) is 32.6 Å². The molecule has 2 rings (SSSR count). The Balaban J connectivity index is 0.00000264. The monoisotopic (exact) mass is 430 g/mol. The molecular formula is C17H27IN4O. The number of hydrogen-bond acceptors (Lipinski definition) is 2. The molecular weight excluding hydrogens is 403 g/mol. The van der Waals surface area contributed by atoms with Crippen molar-refractivity contribution in [2.45, 2.75) is 45.2 Å². The molecule has 6 heteroatoms. The number of carbonyl (C=O) groups is 1. The standard InChI is InChI=1S/C17H26N4O.HI/c1-13-5-7-14(8-6-13)12-20-17(18-2)19-11-3-4-16(22)21-15-9-10-15;/h5-8,15H,3-4,9-12H2,1-2H3,(H,21,22)(H2,18,19,20);1H. The van der Waals surface area contributed by atoms with Gasteiger partial charge in [-0.05, 0) is 31.7 Å². The summed E-state index contributed by atoms with van der Waals surface area (Å²) in [4.78, 5) is 15.8. The first kappa shape index (κ1) is 19.7. The lowest BCUT2D eigenvalue weighted by Gasteiger charge is -2.12. The number of aryl methyl sites for hydroxylation is 1. The predicted octanol–water partition coefficient (Wildman–Crippen LogP) is 2.34. The van der Waals surface area contributed by atoms with Crippen LogP contribution in [-0.4, -0.2) is 31.5 Å². The quantitative estimate of drug-likeness (QED) is 0.269. The van der Waals surface area contributed by atoms with Crippen LogP contribution in [0.2, 0.25) is 0 Å². The van der Waals surface area contributed by atoms with E-state index in [9.17, 15) is 4.79 Å². The number of halogens is 1. The van der Waals surface area contributed by atoms with E-state index in [1.54, 1.807) is 7.05 Å². The van der Waals surface area contributed by atoms with Crippen LogP contribution < -0.4 is 16.0 Å². The van der Waals surface area contributed by atoms with Gasteiger partial charge in [-0.1, -0.05) is 29.8 Å². The van der Waals surface area contributed by atoms with Crippen molar-refractivity contribution in [3.8, 4) is 0 Å². The maximum absolute atomic E-state index is 11.6. The molecule has 0 saturated heterocycles. The Kier molecular flexibility index (Phi) is 8.98. The van der Waals surface area contributed by atoms with Crippen LogP contribution in [0.25, 0.3) is 0 Å². The summed E-state index contributed by atoms with van der Waals surface area (Å²) in [5.74, 6) is 0.926. The van der Waals surface area contributed by atoms with Gasteiger partial charge in [0.05, 0.1) is 0 Å². The van der Waals surface area contributed by atoms with Crippen LogP contribution in [0.3, 0.4) is 0 Å². The number of nitrogens with one attached hydrogen (secondary N) is 3. The largest absolute Gasteiger partial charge is 0.356 e. The number of guanidine groups is 1. The number of benzene rings is 1. The van der Waals surface area contributed by atoms with E-state index in [0.29, 0.717) is 12.5 Å². The second-order valence-electron chi connectivity index (χ2n) is 5.78. The van der Waals surface area contributed by atoms with Gasteiger partial charge in [-0.2, -0.15) is 0 Å². The SMILES string of the molecule is CN=C(NCCCC(=O)NC1CC1)NCc1ccc(C)cc1.I. The van der Waals surface area contributed by atoms with Crippen molar-refractivity contribution < 1.29 is 4.79 Å².